The molecule has 0 bridgehead atoms. The van der Waals surface area contributed by atoms with Crippen LogP contribution in [0, 0.1) is 0 Å². The average Bonchev–Trinajstić information content (AvgIpc) is 3.20. The van der Waals surface area contributed by atoms with Crippen LogP contribution < -0.4 is 5.84 Å². The molecule has 110 valence electrons. The molecular weight excluding hydrogens is 328 g/mol. The van der Waals surface area contributed by atoms with Crippen LogP contribution in [0.2, 0.25) is 0 Å². The Morgan fingerprint density at radius 2 is 2.33 bits per heavy atom. The van der Waals surface area contributed by atoms with Crippen LogP contribution in [0.1, 0.15) is 5.82 Å². The topological polar surface area (TPSA) is 91.7 Å². The Kier molecular flexibility index (Phi) is 4.48. The smallest absolute Gasteiger partial charge is 0.217 e. The summed E-state index contributed by atoms with van der Waals surface area (Å²) in [6, 6.07) is 3.91. The summed E-state index contributed by atoms with van der Waals surface area (Å²) in [6.07, 6.45) is 0.698. The van der Waals surface area contributed by atoms with E-state index in [2.05, 4.69) is 19.6 Å². The lowest BCUT2D eigenvalue weighted by molar-refractivity contribution is 0.200. The van der Waals surface area contributed by atoms with Gasteiger partial charge in [-0.2, -0.15) is 4.37 Å². The van der Waals surface area contributed by atoms with Gasteiger partial charge in [0.05, 0.1) is 11.5 Å². The molecule has 0 amide bonds. The quantitative estimate of drug-likeness (QED) is 0.685. The van der Waals surface area contributed by atoms with Crippen molar-refractivity contribution in [1.29, 1.82) is 0 Å². The maximum Gasteiger partial charge on any atom is 0.217 e. The van der Waals surface area contributed by atoms with Gasteiger partial charge in [-0.15, -0.1) is 21.5 Å². The van der Waals surface area contributed by atoms with E-state index in [0.717, 1.165) is 15.0 Å². The molecule has 3 aromatic rings. The van der Waals surface area contributed by atoms with Crippen LogP contribution >= 0.6 is 34.6 Å². The summed E-state index contributed by atoms with van der Waals surface area (Å²) in [7, 11) is 1.66. The predicted octanol–water partition coefficient (Wildman–Crippen LogP) is 1.91. The molecule has 0 aliphatic heterocycles. The van der Waals surface area contributed by atoms with Crippen LogP contribution in [0.5, 0.6) is 0 Å². The van der Waals surface area contributed by atoms with E-state index in [-0.39, 0.29) is 0 Å². The number of methoxy groups -OCH3 is 1. The molecule has 3 heterocycles. The van der Waals surface area contributed by atoms with Crippen molar-refractivity contribution in [3.05, 3.63) is 23.3 Å². The Balaban J connectivity index is 1.75. The molecule has 2 N–H and O–H groups in total. The third-order valence-corrected chi connectivity index (χ3v) is 5.18. The number of nitrogen functional groups attached to an aromatic ring is 1. The first kappa shape index (κ1) is 14.4. The second-order valence-electron chi connectivity index (χ2n) is 3.97. The highest BCUT2D eigenvalue weighted by atomic mass is 32.2. The highest BCUT2D eigenvalue weighted by Crippen LogP contribution is 2.30. The van der Waals surface area contributed by atoms with E-state index in [9.17, 15) is 0 Å². The Morgan fingerprint density at radius 3 is 3.10 bits per heavy atom. The maximum absolute atomic E-state index is 6.04. The Bertz CT molecular complexity index is 707. The minimum Gasteiger partial charge on any atom is -0.384 e. The number of nitrogens with two attached hydrogens (primary N) is 1. The minimum absolute atomic E-state index is 0.591. The number of rotatable bonds is 6. The van der Waals surface area contributed by atoms with Gasteiger partial charge in [0.1, 0.15) is 5.82 Å². The van der Waals surface area contributed by atoms with E-state index in [1.807, 2.05) is 17.5 Å². The van der Waals surface area contributed by atoms with Crippen LogP contribution in [-0.2, 0) is 11.2 Å². The summed E-state index contributed by atoms with van der Waals surface area (Å²) in [6.45, 7) is 0.608. The zero-order valence-electron chi connectivity index (χ0n) is 11.1. The summed E-state index contributed by atoms with van der Waals surface area (Å²) in [5, 5.41) is 10.8. The fraction of sp³-hybridized carbons (Fsp3) is 0.273. The number of nitrogens with zero attached hydrogens (tertiary/aromatic N) is 5. The van der Waals surface area contributed by atoms with Gasteiger partial charge >= 0.3 is 0 Å². The fourth-order valence-corrected chi connectivity index (χ4v) is 3.80. The van der Waals surface area contributed by atoms with E-state index >= 15 is 0 Å². The molecule has 7 nitrogen and oxygen atoms in total. The molecule has 0 radical (unpaired) electrons. The van der Waals surface area contributed by atoms with Gasteiger partial charge in [0, 0.05) is 13.5 Å². The van der Waals surface area contributed by atoms with Crippen molar-refractivity contribution < 1.29 is 4.74 Å². The molecule has 3 aromatic heterocycles. The molecule has 0 spiro atoms. The van der Waals surface area contributed by atoms with Crippen LogP contribution in [0.15, 0.2) is 27.0 Å². The van der Waals surface area contributed by atoms with Crippen molar-refractivity contribution in [3.63, 3.8) is 0 Å². The Morgan fingerprint density at radius 1 is 1.43 bits per heavy atom. The number of hydrogen-bond acceptors (Lipinski definition) is 9. The third kappa shape index (κ3) is 3.23. The molecule has 10 heteroatoms. The minimum atomic E-state index is 0.591. The van der Waals surface area contributed by atoms with Gasteiger partial charge in [0.15, 0.2) is 10.2 Å². The molecule has 0 aliphatic carbocycles. The van der Waals surface area contributed by atoms with E-state index in [1.54, 1.807) is 18.4 Å². The van der Waals surface area contributed by atoms with Gasteiger partial charge in [-0.1, -0.05) is 6.07 Å². The molecule has 0 fully saturated rings. The molecule has 0 saturated heterocycles. The van der Waals surface area contributed by atoms with Crippen LogP contribution in [-0.4, -0.2) is 37.9 Å². The number of hydrogen-bond donors (Lipinski definition) is 1. The second kappa shape index (κ2) is 6.52. The number of thiophene rings is 1. The van der Waals surface area contributed by atoms with Crippen molar-refractivity contribution in [2.75, 3.05) is 19.6 Å². The molecule has 0 unspecified atom stereocenters. The lowest BCUT2D eigenvalue weighted by atomic mass is 10.4. The van der Waals surface area contributed by atoms with E-state index in [0.29, 0.717) is 24.0 Å². The van der Waals surface area contributed by atoms with Crippen molar-refractivity contribution in [1.82, 2.24) is 24.2 Å². The first-order valence-electron chi connectivity index (χ1n) is 6.01. The van der Waals surface area contributed by atoms with Crippen molar-refractivity contribution in [2.45, 2.75) is 15.9 Å². The molecule has 3 rings (SSSR count). The van der Waals surface area contributed by atoms with Gasteiger partial charge in [0.2, 0.25) is 5.16 Å². The average molecular weight is 340 g/mol. The van der Waals surface area contributed by atoms with Gasteiger partial charge in [-0.25, -0.2) is 9.66 Å². The normalized spacial score (nSPS) is 11.1. The molecule has 0 aromatic carbocycles. The van der Waals surface area contributed by atoms with Crippen molar-refractivity contribution >= 4 is 34.6 Å². The summed E-state index contributed by atoms with van der Waals surface area (Å²) in [5.74, 6) is 7.46. The largest absolute Gasteiger partial charge is 0.384 e. The van der Waals surface area contributed by atoms with Crippen molar-refractivity contribution in [2.24, 2.45) is 0 Å². The summed E-state index contributed by atoms with van der Waals surface area (Å²) in [4.78, 5) is 5.39. The highest BCUT2D eigenvalue weighted by Gasteiger charge is 2.15. The fourth-order valence-electron chi connectivity index (χ4n) is 1.57. The van der Waals surface area contributed by atoms with E-state index in [1.165, 1.54) is 28.0 Å². The Hall–Kier alpha value is -1.49. The summed E-state index contributed by atoms with van der Waals surface area (Å²) in [5.41, 5.74) is 0. The van der Waals surface area contributed by atoms with Gasteiger partial charge in [-0.3, -0.25) is 0 Å². The molecule has 21 heavy (non-hydrogen) atoms. The summed E-state index contributed by atoms with van der Waals surface area (Å²) >= 11 is 4.25. The molecule has 0 saturated carbocycles. The highest BCUT2D eigenvalue weighted by molar-refractivity contribution is 8.00. The first-order chi connectivity index (χ1) is 10.3. The van der Waals surface area contributed by atoms with Crippen molar-refractivity contribution in [3.8, 4) is 10.7 Å². The lowest BCUT2D eigenvalue weighted by Crippen LogP contribution is -2.10. The van der Waals surface area contributed by atoms with Gasteiger partial charge in [0.25, 0.3) is 0 Å². The van der Waals surface area contributed by atoms with Crippen LogP contribution in [0.3, 0.4) is 0 Å². The van der Waals surface area contributed by atoms with Gasteiger partial charge in [-0.05, 0) is 34.7 Å². The monoisotopic (exact) mass is 340 g/mol. The number of ether oxygens (including phenoxy) is 1. The predicted molar refractivity (Wildman–Crippen MR) is 83.1 cm³/mol. The van der Waals surface area contributed by atoms with Crippen LogP contribution in [0.25, 0.3) is 10.7 Å². The first-order valence-corrected chi connectivity index (χ1v) is 8.48. The lowest BCUT2D eigenvalue weighted by Gasteiger charge is -1.99. The third-order valence-electron chi connectivity index (χ3n) is 2.56. The Labute approximate surface area is 133 Å². The second-order valence-corrected chi connectivity index (χ2v) is 6.89. The van der Waals surface area contributed by atoms with E-state index in [4.69, 9.17) is 10.6 Å². The maximum atomic E-state index is 6.04. The standard InChI is InChI=1S/C11H12N6OS3/c1-18-5-4-8-13-11(21-16-8)20-10-15-14-9(17(10)12)7-3-2-6-19-7/h2-3,6H,4-5,12H2,1H3. The SMILES string of the molecule is COCCc1nsc(Sc2nnc(-c3cccs3)n2N)n1. The zero-order valence-corrected chi connectivity index (χ0v) is 13.5. The number of aromatic nitrogens is 5. The zero-order chi connectivity index (χ0) is 14.7. The molecular formula is C11H12N6OS3. The van der Waals surface area contributed by atoms with E-state index < -0.39 is 0 Å². The molecule has 0 atom stereocenters. The molecule has 0 aliphatic rings. The summed E-state index contributed by atoms with van der Waals surface area (Å²) < 4.78 is 11.5. The van der Waals surface area contributed by atoms with Gasteiger partial charge < -0.3 is 10.6 Å². The van der Waals surface area contributed by atoms with Crippen LogP contribution in [0.4, 0.5) is 0 Å².